The fraction of sp³-hybridized carbons (Fsp3) is 0.231. The van der Waals surface area contributed by atoms with Crippen LogP contribution in [0.2, 0.25) is 0 Å². The molecule has 0 unspecified atom stereocenters. The Morgan fingerprint density at radius 3 is 2.61 bits per heavy atom. The molecule has 2 aromatic rings. The SMILES string of the molecule is CSc1ccc(C(=O)CSc2nc(C)cs2)cc1. The number of thiazole rings is 1. The Bertz CT molecular complexity index is 533. The monoisotopic (exact) mass is 295 g/mol. The molecule has 0 radical (unpaired) electrons. The molecule has 5 heteroatoms. The fourth-order valence-electron chi connectivity index (χ4n) is 1.39. The molecule has 0 N–H and O–H groups in total. The van der Waals surface area contributed by atoms with Crippen molar-refractivity contribution in [2.24, 2.45) is 0 Å². The summed E-state index contributed by atoms with van der Waals surface area (Å²) in [6.07, 6.45) is 2.03. The third-order valence-corrected chi connectivity index (χ3v) is 5.22. The summed E-state index contributed by atoms with van der Waals surface area (Å²) in [4.78, 5) is 17.5. The van der Waals surface area contributed by atoms with Crippen LogP contribution in [0.1, 0.15) is 16.1 Å². The molecule has 1 aromatic heterocycles. The maximum absolute atomic E-state index is 12.0. The first-order valence-corrected chi connectivity index (χ1v) is 8.50. The Morgan fingerprint density at radius 1 is 1.33 bits per heavy atom. The smallest absolute Gasteiger partial charge is 0.173 e. The van der Waals surface area contributed by atoms with E-state index in [4.69, 9.17) is 0 Å². The van der Waals surface area contributed by atoms with Gasteiger partial charge in [-0.15, -0.1) is 23.1 Å². The van der Waals surface area contributed by atoms with Crippen molar-refractivity contribution in [2.45, 2.75) is 16.2 Å². The van der Waals surface area contributed by atoms with Gasteiger partial charge in [-0.3, -0.25) is 4.79 Å². The molecule has 0 fully saturated rings. The molecule has 94 valence electrons. The van der Waals surface area contributed by atoms with Crippen LogP contribution in [-0.2, 0) is 0 Å². The zero-order valence-corrected chi connectivity index (χ0v) is 12.6. The van der Waals surface area contributed by atoms with Gasteiger partial charge >= 0.3 is 0 Å². The van der Waals surface area contributed by atoms with E-state index in [9.17, 15) is 4.79 Å². The van der Waals surface area contributed by atoms with E-state index in [1.165, 1.54) is 16.7 Å². The van der Waals surface area contributed by atoms with Gasteiger partial charge in [-0.25, -0.2) is 4.98 Å². The summed E-state index contributed by atoms with van der Waals surface area (Å²) in [6, 6.07) is 7.75. The van der Waals surface area contributed by atoms with Gasteiger partial charge < -0.3 is 0 Å². The average molecular weight is 295 g/mol. The van der Waals surface area contributed by atoms with Crippen molar-refractivity contribution in [1.82, 2.24) is 4.98 Å². The molecule has 0 saturated heterocycles. The maximum atomic E-state index is 12.0. The molecule has 2 nitrogen and oxygen atoms in total. The number of benzene rings is 1. The highest BCUT2D eigenvalue weighted by molar-refractivity contribution is 8.01. The zero-order valence-electron chi connectivity index (χ0n) is 10.2. The van der Waals surface area contributed by atoms with Gasteiger partial charge in [-0.05, 0) is 25.3 Å². The predicted molar refractivity (Wildman–Crippen MR) is 80.1 cm³/mol. The van der Waals surface area contributed by atoms with Gasteiger partial charge in [-0.1, -0.05) is 23.9 Å². The van der Waals surface area contributed by atoms with Crippen LogP contribution in [0.5, 0.6) is 0 Å². The van der Waals surface area contributed by atoms with Crippen LogP contribution in [0.15, 0.2) is 38.9 Å². The average Bonchev–Trinajstić information content (AvgIpc) is 2.82. The fourth-order valence-corrected chi connectivity index (χ4v) is 3.54. The number of rotatable bonds is 5. The van der Waals surface area contributed by atoms with Gasteiger partial charge in [0, 0.05) is 21.5 Å². The quantitative estimate of drug-likeness (QED) is 0.612. The number of aryl methyl sites for hydroxylation is 1. The third kappa shape index (κ3) is 3.60. The molecule has 1 aromatic carbocycles. The molecule has 0 bridgehead atoms. The Kier molecular flexibility index (Phi) is 4.86. The molecule has 0 amide bonds. The minimum atomic E-state index is 0.153. The predicted octanol–water partition coefficient (Wildman–Crippen LogP) is 4.15. The molecule has 0 atom stereocenters. The molecule has 2 rings (SSSR count). The Labute approximate surface area is 119 Å². The van der Waals surface area contributed by atoms with Gasteiger partial charge in [0.1, 0.15) is 0 Å². The van der Waals surface area contributed by atoms with E-state index in [0.717, 1.165) is 15.6 Å². The normalized spacial score (nSPS) is 10.6. The summed E-state index contributed by atoms with van der Waals surface area (Å²) >= 11 is 4.77. The van der Waals surface area contributed by atoms with Crippen molar-refractivity contribution in [2.75, 3.05) is 12.0 Å². The summed E-state index contributed by atoms with van der Waals surface area (Å²) in [7, 11) is 0. The van der Waals surface area contributed by atoms with E-state index in [0.29, 0.717) is 5.75 Å². The molecule has 0 aliphatic heterocycles. The maximum Gasteiger partial charge on any atom is 0.173 e. The van der Waals surface area contributed by atoms with E-state index in [1.54, 1.807) is 23.1 Å². The Balaban J connectivity index is 1.94. The van der Waals surface area contributed by atoms with E-state index in [-0.39, 0.29) is 5.78 Å². The van der Waals surface area contributed by atoms with Gasteiger partial charge in [-0.2, -0.15) is 0 Å². The molecular formula is C13H13NOS3. The minimum absolute atomic E-state index is 0.153. The van der Waals surface area contributed by atoms with Crippen LogP contribution in [0.25, 0.3) is 0 Å². The molecular weight excluding hydrogens is 282 g/mol. The van der Waals surface area contributed by atoms with Crippen molar-refractivity contribution in [3.05, 3.63) is 40.9 Å². The summed E-state index contributed by atoms with van der Waals surface area (Å²) in [5.41, 5.74) is 1.79. The summed E-state index contributed by atoms with van der Waals surface area (Å²) in [5, 5.41) is 2.00. The van der Waals surface area contributed by atoms with Gasteiger partial charge in [0.25, 0.3) is 0 Å². The minimum Gasteiger partial charge on any atom is -0.293 e. The van der Waals surface area contributed by atoms with Gasteiger partial charge in [0.2, 0.25) is 0 Å². The number of carbonyl (C=O) groups excluding carboxylic acids is 1. The van der Waals surface area contributed by atoms with E-state index in [1.807, 2.05) is 42.8 Å². The topological polar surface area (TPSA) is 30.0 Å². The van der Waals surface area contributed by atoms with Gasteiger partial charge in [0.05, 0.1) is 5.75 Å². The lowest BCUT2D eigenvalue weighted by atomic mass is 10.1. The van der Waals surface area contributed by atoms with Crippen LogP contribution >= 0.6 is 34.9 Å². The first-order valence-electron chi connectivity index (χ1n) is 5.41. The Hall–Kier alpha value is -0.780. The highest BCUT2D eigenvalue weighted by Gasteiger charge is 2.08. The third-order valence-electron chi connectivity index (χ3n) is 2.34. The summed E-state index contributed by atoms with van der Waals surface area (Å²) < 4.78 is 0.960. The molecule has 18 heavy (non-hydrogen) atoms. The zero-order chi connectivity index (χ0) is 13.0. The van der Waals surface area contributed by atoms with E-state index in [2.05, 4.69) is 4.98 Å². The van der Waals surface area contributed by atoms with Crippen molar-refractivity contribution in [3.8, 4) is 0 Å². The molecule has 0 spiro atoms. The number of aromatic nitrogens is 1. The summed E-state index contributed by atoms with van der Waals surface area (Å²) in [6.45, 7) is 1.96. The number of Topliss-reactive ketones (excluding diaryl/α,β-unsaturated/α-hetero) is 1. The second-order valence-electron chi connectivity index (χ2n) is 3.70. The second-order valence-corrected chi connectivity index (χ2v) is 6.66. The Morgan fingerprint density at radius 2 is 2.06 bits per heavy atom. The highest BCUT2D eigenvalue weighted by atomic mass is 32.2. The number of ketones is 1. The van der Waals surface area contributed by atoms with Crippen LogP contribution < -0.4 is 0 Å². The van der Waals surface area contributed by atoms with E-state index >= 15 is 0 Å². The number of carbonyl (C=O) groups is 1. The molecule has 0 aliphatic rings. The van der Waals surface area contributed by atoms with Crippen molar-refractivity contribution >= 4 is 40.6 Å². The molecule has 1 heterocycles. The number of hydrogen-bond acceptors (Lipinski definition) is 5. The lowest BCUT2D eigenvalue weighted by Crippen LogP contribution is -2.01. The van der Waals surface area contributed by atoms with E-state index < -0.39 is 0 Å². The standard InChI is InChI=1S/C13H13NOS3/c1-9-7-17-13(14-9)18-8-12(15)10-3-5-11(16-2)6-4-10/h3-7H,8H2,1-2H3. The second kappa shape index (κ2) is 6.41. The van der Waals surface area contributed by atoms with Crippen molar-refractivity contribution in [1.29, 1.82) is 0 Å². The van der Waals surface area contributed by atoms with Crippen molar-refractivity contribution in [3.63, 3.8) is 0 Å². The van der Waals surface area contributed by atoms with Crippen LogP contribution in [0, 0.1) is 6.92 Å². The van der Waals surface area contributed by atoms with Crippen molar-refractivity contribution < 1.29 is 4.79 Å². The van der Waals surface area contributed by atoms with Crippen LogP contribution in [0.3, 0.4) is 0 Å². The number of thioether (sulfide) groups is 2. The lowest BCUT2D eigenvalue weighted by molar-refractivity contribution is 0.102. The molecule has 0 saturated carbocycles. The van der Waals surface area contributed by atoms with Gasteiger partial charge in [0.15, 0.2) is 10.1 Å². The number of hydrogen-bond donors (Lipinski definition) is 0. The first-order chi connectivity index (χ1) is 8.69. The first kappa shape index (κ1) is 13.6. The summed E-state index contributed by atoms with van der Waals surface area (Å²) in [5.74, 6) is 0.603. The largest absolute Gasteiger partial charge is 0.293 e. The van der Waals surface area contributed by atoms with Crippen LogP contribution in [0.4, 0.5) is 0 Å². The number of nitrogens with zero attached hydrogens (tertiary/aromatic N) is 1. The highest BCUT2D eigenvalue weighted by Crippen LogP contribution is 2.23. The van der Waals surface area contributed by atoms with Crippen LogP contribution in [-0.4, -0.2) is 22.8 Å². The molecule has 0 aliphatic carbocycles. The lowest BCUT2D eigenvalue weighted by Gasteiger charge is -2.01.